The van der Waals surface area contributed by atoms with Crippen molar-refractivity contribution in [2.45, 2.75) is 13.1 Å². The molecule has 23 heavy (non-hydrogen) atoms. The summed E-state index contributed by atoms with van der Waals surface area (Å²) >= 11 is 1.13. The number of rotatable bonds is 3. The summed E-state index contributed by atoms with van der Waals surface area (Å²) in [4.78, 5) is 15.4. The van der Waals surface area contributed by atoms with E-state index in [0.29, 0.717) is 9.75 Å². The van der Waals surface area contributed by atoms with Gasteiger partial charge in [0.1, 0.15) is 6.07 Å². The second-order valence-corrected chi connectivity index (χ2v) is 5.68. The number of nitriles is 1. The fraction of sp³-hybridized carbons (Fsp3) is 0.133. The van der Waals surface area contributed by atoms with E-state index in [1.165, 1.54) is 25.3 Å². The molecule has 0 saturated carbocycles. The number of carboxylic acids is 1. The zero-order valence-corrected chi connectivity index (χ0v) is 12.5. The van der Waals surface area contributed by atoms with E-state index in [4.69, 9.17) is 10.4 Å². The van der Waals surface area contributed by atoms with Crippen molar-refractivity contribution < 1.29 is 23.1 Å². The molecule has 0 aliphatic rings. The van der Waals surface area contributed by atoms with E-state index in [2.05, 4.69) is 4.98 Å². The fourth-order valence-corrected chi connectivity index (χ4v) is 2.76. The molecule has 2 aromatic heterocycles. The van der Waals surface area contributed by atoms with E-state index in [1.807, 2.05) is 0 Å². The Labute approximate surface area is 133 Å². The van der Waals surface area contributed by atoms with E-state index in [-0.39, 0.29) is 11.1 Å². The zero-order valence-electron chi connectivity index (χ0n) is 11.7. The molecule has 0 saturated heterocycles. The van der Waals surface area contributed by atoms with E-state index in [9.17, 15) is 18.0 Å². The van der Waals surface area contributed by atoms with Gasteiger partial charge in [-0.05, 0) is 31.2 Å². The first-order valence-electron chi connectivity index (χ1n) is 6.21. The summed E-state index contributed by atoms with van der Waals surface area (Å²) in [7, 11) is 0. The summed E-state index contributed by atoms with van der Waals surface area (Å²) in [6.07, 6.45) is -2.05. The first kappa shape index (κ1) is 16.7. The Morgan fingerprint density at radius 3 is 2.70 bits per heavy atom. The minimum absolute atomic E-state index is 0.118. The number of alkyl halides is 3. The molecule has 118 valence electrons. The molecule has 0 amide bonds. The Morgan fingerprint density at radius 1 is 1.43 bits per heavy atom. The number of thiophene rings is 1. The molecule has 1 N–H and O–H groups in total. The average Bonchev–Trinajstić information content (AvgIpc) is 2.94. The number of carboxylic acid groups (broad SMARTS) is 1. The number of nitrogens with zero attached hydrogens (tertiary/aromatic N) is 2. The predicted molar refractivity (Wildman–Crippen MR) is 78.6 cm³/mol. The quantitative estimate of drug-likeness (QED) is 0.852. The lowest BCUT2D eigenvalue weighted by Gasteiger charge is -2.09. The molecule has 0 radical (unpaired) electrons. The predicted octanol–water partition coefficient (Wildman–Crippen LogP) is 4.19. The third-order valence-electron chi connectivity index (χ3n) is 2.91. The first-order chi connectivity index (χ1) is 10.7. The highest BCUT2D eigenvalue weighted by Crippen LogP contribution is 2.36. The molecule has 0 aliphatic heterocycles. The van der Waals surface area contributed by atoms with E-state index < -0.39 is 23.4 Å². The molecule has 0 aromatic carbocycles. The summed E-state index contributed by atoms with van der Waals surface area (Å²) in [6, 6.07) is 5.48. The second kappa shape index (κ2) is 6.22. The van der Waals surface area contributed by atoms with Crippen LogP contribution in [-0.4, -0.2) is 16.1 Å². The first-order valence-corrected chi connectivity index (χ1v) is 7.03. The summed E-state index contributed by atoms with van der Waals surface area (Å²) in [5.41, 5.74) is -1.44. The lowest BCUT2D eigenvalue weighted by Crippen LogP contribution is -2.09. The Kier molecular flexibility index (Phi) is 4.52. The molecule has 2 aromatic rings. The Hall–Kier alpha value is -2.66. The topological polar surface area (TPSA) is 74.0 Å². The van der Waals surface area contributed by atoms with Crippen molar-refractivity contribution >= 4 is 23.4 Å². The molecule has 0 aliphatic carbocycles. The number of pyridine rings is 1. The van der Waals surface area contributed by atoms with E-state index in [1.54, 1.807) is 12.1 Å². The van der Waals surface area contributed by atoms with Crippen LogP contribution in [0.25, 0.3) is 16.5 Å². The molecular formula is C15H9F3N2O2S. The average molecular weight is 338 g/mol. The lowest BCUT2D eigenvalue weighted by atomic mass is 10.1. The van der Waals surface area contributed by atoms with Gasteiger partial charge >= 0.3 is 12.1 Å². The van der Waals surface area contributed by atoms with Crippen molar-refractivity contribution in [3.8, 4) is 16.5 Å². The Balaban J connectivity index is 2.45. The van der Waals surface area contributed by atoms with Crippen molar-refractivity contribution in [2.24, 2.45) is 0 Å². The standard InChI is InChI=1S/C15H9F3N2O2S/c1-8(14(21)22)4-10-2-3-13(23-10)9-5-11(15(16,17)18)12(6-19)20-7-9/h2-5,7H,1H3,(H,21,22)/b8-4+. The van der Waals surface area contributed by atoms with Gasteiger partial charge in [-0.15, -0.1) is 11.3 Å². The highest BCUT2D eigenvalue weighted by atomic mass is 32.1. The van der Waals surface area contributed by atoms with Crippen molar-refractivity contribution in [2.75, 3.05) is 0 Å². The van der Waals surface area contributed by atoms with Crippen molar-refractivity contribution in [1.29, 1.82) is 5.26 Å². The number of hydrogen-bond acceptors (Lipinski definition) is 4. The van der Waals surface area contributed by atoms with Crippen LogP contribution in [0.3, 0.4) is 0 Å². The van der Waals surface area contributed by atoms with E-state index in [0.717, 1.165) is 17.4 Å². The molecule has 0 spiro atoms. The van der Waals surface area contributed by atoms with E-state index >= 15 is 0 Å². The molecular weight excluding hydrogens is 329 g/mol. The van der Waals surface area contributed by atoms with Crippen molar-refractivity contribution in [1.82, 2.24) is 4.98 Å². The maximum atomic E-state index is 12.9. The third-order valence-corrected chi connectivity index (χ3v) is 3.99. The number of carbonyl (C=O) groups is 1. The van der Waals surface area contributed by atoms with Crippen molar-refractivity contribution in [3.63, 3.8) is 0 Å². The highest BCUT2D eigenvalue weighted by Gasteiger charge is 2.34. The monoisotopic (exact) mass is 338 g/mol. The third kappa shape index (κ3) is 3.76. The van der Waals surface area contributed by atoms with Crippen LogP contribution in [0.15, 0.2) is 30.0 Å². The molecule has 2 heterocycles. The number of halogens is 3. The van der Waals surface area contributed by atoms with Gasteiger partial charge < -0.3 is 5.11 Å². The molecule has 8 heteroatoms. The van der Waals surface area contributed by atoms with Crippen LogP contribution < -0.4 is 0 Å². The van der Waals surface area contributed by atoms with Crippen LogP contribution in [0, 0.1) is 11.3 Å². The lowest BCUT2D eigenvalue weighted by molar-refractivity contribution is -0.138. The van der Waals surface area contributed by atoms with Crippen LogP contribution >= 0.6 is 11.3 Å². The molecule has 0 atom stereocenters. The number of aromatic nitrogens is 1. The Morgan fingerprint density at radius 2 is 2.13 bits per heavy atom. The van der Waals surface area contributed by atoms with Crippen LogP contribution in [-0.2, 0) is 11.0 Å². The van der Waals surface area contributed by atoms with Gasteiger partial charge in [-0.25, -0.2) is 9.78 Å². The van der Waals surface area contributed by atoms with Crippen LogP contribution in [0.5, 0.6) is 0 Å². The summed E-state index contributed by atoms with van der Waals surface area (Å²) in [6.45, 7) is 1.42. The van der Waals surface area contributed by atoms with Crippen LogP contribution in [0.2, 0.25) is 0 Å². The Bertz CT molecular complexity index is 832. The maximum absolute atomic E-state index is 12.9. The van der Waals surface area contributed by atoms with Crippen LogP contribution in [0.4, 0.5) is 13.2 Å². The highest BCUT2D eigenvalue weighted by molar-refractivity contribution is 7.16. The zero-order chi connectivity index (χ0) is 17.2. The van der Waals surface area contributed by atoms with Crippen LogP contribution in [0.1, 0.15) is 23.1 Å². The van der Waals surface area contributed by atoms with Gasteiger partial charge in [-0.2, -0.15) is 18.4 Å². The summed E-state index contributed by atoms with van der Waals surface area (Å²) in [5, 5.41) is 17.5. The molecule has 0 unspecified atom stereocenters. The van der Waals surface area contributed by atoms with Gasteiger partial charge in [0.15, 0.2) is 5.69 Å². The molecule has 0 fully saturated rings. The van der Waals surface area contributed by atoms with Gasteiger partial charge in [-0.1, -0.05) is 0 Å². The molecule has 4 nitrogen and oxygen atoms in total. The maximum Gasteiger partial charge on any atom is 0.419 e. The minimum atomic E-state index is -4.67. The molecule has 0 bridgehead atoms. The smallest absolute Gasteiger partial charge is 0.419 e. The largest absolute Gasteiger partial charge is 0.478 e. The normalized spacial score (nSPS) is 12.0. The number of hydrogen-bond donors (Lipinski definition) is 1. The second-order valence-electron chi connectivity index (χ2n) is 4.56. The SMILES string of the molecule is C/C(=C\c1ccc(-c2cnc(C#N)c(C(F)(F)F)c2)s1)C(=O)O. The van der Waals surface area contributed by atoms with Gasteiger partial charge in [0.05, 0.1) is 5.56 Å². The summed E-state index contributed by atoms with van der Waals surface area (Å²) < 4.78 is 38.8. The fourth-order valence-electron chi connectivity index (χ4n) is 1.77. The number of aliphatic carboxylic acids is 1. The minimum Gasteiger partial charge on any atom is -0.478 e. The summed E-state index contributed by atoms with van der Waals surface area (Å²) in [5.74, 6) is -1.07. The molecule has 2 rings (SSSR count). The van der Waals surface area contributed by atoms with Gasteiger partial charge in [0.2, 0.25) is 0 Å². The van der Waals surface area contributed by atoms with Crippen molar-refractivity contribution in [3.05, 3.63) is 46.1 Å². The van der Waals surface area contributed by atoms with Gasteiger partial charge in [0, 0.05) is 27.1 Å². The van der Waals surface area contributed by atoms with Gasteiger partial charge in [-0.3, -0.25) is 0 Å². The van der Waals surface area contributed by atoms with Gasteiger partial charge in [0.25, 0.3) is 0 Å².